The smallest absolute Gasteiger partial charge is 0.0914 e. The Morgan fingerprint density at radius 2 is 2.17 bits per heavy atom. The summed E-state index contributed by atoms with van der Waals surface area (Å²) in [5, 5.41) is 13.3. The summed E-state index contributed by atoms with van der Waals surface area (Å²) in [6.45, 7) is 1.61. The highest BCUT2D eigenvalue weighted by molar-refractivity contribution is 9.10. The first-order chi connectivity index (χ1) is 8.74. The van der Waals surface area contributed by atoms with Gasteiger partial charge in [-0.25, -0.2) is 0 Å². The molecule has 1 atom stereocenters. The number of hydrogen-bond acceptors (Lipinski definition) is 3. The van der Waals surface area contributed by atoms with Crippen molar-refractivity contribution in [1.29, 1.82) is 0 Å². The summed E-state index contributed by atoms with van der Waals surface area (Å²) >= 11 is 5.32. The van der Waals surface area contributed by atoms with Crippen molar-refractivity contribution in [2.75, 3.05) is 25.1 Å². The lowest BCUT2D eigenvalue weighted by molar-refractivity contribution is 0.174. The van der Waals surface area contributed by atoms with Crippen molar-refractivity contribution in [2.45, 2.75) is 25.4 Å². The standard InChI is InChI=1S/C14H22BrNOS/c1-18-9-4-2-3-8-16-11-14(17)12-6-5-7-13(15)10-12/h5-7,10,14,16-17H,2-4,8-9,11H2,1H3. The van der Waals surface area contributed by atoms with Crippen molar-refractivity contribution in [2.24, 2.45) is 0 Å². The minimum atomic E-state index is -0.423. The minimum absolute atomic E-state index is 0.423. The van der Waals surface area contributed by atoms with E-state index in [-0.39, 0.29) is 0 Å². The predicted molar refractivity (Wildman–Crippen MR) is 84.2 cm³/mol. The molecule has 0 amide bonds. The number of unbranched alkanes of at least 4 members (excludes halogenated alkanes) is 2. The van der Waals surface area contributed by atoms with E-state index in [0.29, 0.717) is 6.54 Å². The van der Waals surface area contributed by atoms with Gasteiger partial charge >= 0.3 is 0 Å². The molecule has 1 aromatic rings. The summed E-state index contributed by atoms with van der Waals surface area (Å²) in [4.78, 5) is 0. The van der Waals surface area contributed by atoms with Crippen LogP contribution in [0.3, 0.4) is 0 Å². The molecule has 0 spiro atoms. The highest BCUT2D eigenvalue weighted by Gasteiger charge is 2.06. The summed E-state index contributed by atoms with van der Waals surface area (Å²) in [6, 6.07) is 7.83. The third-order valence-electron chi connectivity index (χ3n) is 2.77. The lowest BCUT2D eigenvalue weighted by Gasteiger charge is -2.12. The van der Waals surface area contributed by atoms with Crippen LogP contribution in [0.15, 0.2) is 28.7 Å². The zero-order chi connectivity index (χ0) is 13.2. The van der Waals surface area contributed by atoms with Gasteiger partial charge in [-0.05, 0) is 49.1 Å². The van der Waals surface area contributed by atoms with Crippen LogP contribution >= 0.6 is 27.7 Å². The van der Waals surface area contributed by atoms with E-state index in [1.54, 1.807) is 0 Å². The summed E-state index contributed by atoms with van der Waals surface area (Å²) in [7, 11) is 0. The van der Waals surface area contributed by atoms with Gasteiger partial charge in [0, 0.05) is 11.0 Å². The van der Waals surface area contributed by atoms with Crippen molar-refractivity contribution in [3.63, 3.8) is 0 Å². The molecule has 1 rings (SSSR count). The third-order valence-corrected chi connectivity index (χ3v) is 3.96. The van der Waals surface area contributed by atoms with Crippen LogP contribution in [0.5, 0.6) is 0 Å². The second kappa shape index (κ2) is 9.84. The number of rotatable bonds is 9. The molecule has 0 radical (unpaired) electrons. The SMILES string of the molecule is CSCCCCCNCC(O)c1cccc(Br)c1. The van der Waals surface area contributed by atoms with Gasteiger partial charge in [0.05, 0.1) is 6.10 Å². The molecule has 18 heavy (non-hydrogen) atoms. The van der Waals surface area contributed by atoms with Gasteiger partial charge < -0.3 is 10.4 Å². The van der Waals surface area contributed by atoms with Gasteiger partial charge in [-0.15, -0.1) is 0 Å². The average Bonchev–Trinajstić information content (AvgIpc) is 2.37. The van der Waals surface area contributed by atoms with E-state index in [2.05, 4.69) is 27.5 Å². The van der Waals surface area contributed by atoms with Crippen molar-refractivity contribution in [1.82, 2.24) is 5.32 Å². The molecule has 1 unspecified atom stereocenters. The number of aliphatic hydroxyl groups is 1. The monoisotopic (exact) mass is 331 g/mol. The molecule has 0 aliphatic rings. The molecule has 102 valence electrons. The van der Waals surface area contributed by atoms with Gasteiger partial charge in [0.15, 0.2) is 0 Å². The fourth-order valence-corrected chi connectivity index (χ4v) is 2.65. The first-order valence-electron chi connectivity index (χ1n) is 6.37. The van der Waals surface area contributed by atoms with E-state index >= 15 is 0 Å². The first kappa shape index (κ1) is 16.0. The number of nitrogens with one attached hydrogen (secondary N) is 1. The summed E-state index contributed by atoms with van der Waals surface area (Å²) in [5.74, 6) is 1.25. The summed E-state index contributed by atoms with van der Waals surface area (Å²) in [5.41, 5.74) is 0.958. The molecule has 0 fully saturated rings. The molecular weight excluding hydrogens is 310 g/mol. The molecule has 0 heterocycles. The lowest BCUT2D eigenvalue weighted by atomic mass is 10.1. The predicted octanol–water partition coefficient (Wildman–Crippen LogP) is 3.61. The number of halogens is 1. The van der Waals surface area contributed by atoms with E-state index in [1.807, 2.05) is 36.0 Å². The topological polar surface area (TPSA) is 32.3 Å². The van der Waals surface area contributed by atoms with E-state index in [0.717, 1.165) is 16.6 Å². The fourth-order valence-electron chi connectivity index (χ4n) is 1.74. The van der Waals surface area contributed by atoms with Crippen LogP contribution in [-0.4, -0.2) is 30.2 Å². The van der Waals surface area contributed by atoms with Gasteiger partial charge in [0.2, 0.25) is 0 Å². The quantitative estimate of drug-likeness (QED) is 0.678. The van der Waals surface area contributed by atoms with Gasteiger partial charge in [-0.2, -0.15) is 11.8 Å². The molecule has 0 aliphatic carbocycles. The molecule has 1 aromatic carbocycles. The molecule has 0 saturated carbocycles. The Morgan fingerprint density at radius 3 is 2.89 bits per heavy atom. The Balaban J connectivity index is 2.12. The summed E-state index contributed by atoms with van der Waals surface area (Å²) in [6.07, 6.45) is 5.46. The van der Waals surface area contributed by atoms with Crippen LogP contribution in [0.1, 0.15) is 30.9 Å². The van der Waals surface area contributed by atoms with Crippen LogP contribution < -0.4 is 5.32 Å². The zero-order valence-corrected chi connectivity index (χ0v) is 13.3. The maximum Gasteiger partial charge on any atom is 0.0914 e. The van der Waals surface area contributed by atoms with Crippen LogP contribution in [0, 0.1) is 0 Å². The molecule has 0 aromatic heterocycles. The molecule has 0 saturated heterocycles. The Bertz CT molecular complexity index is 335. The normalized spacial score (nSPS) is 12.6. The number of aliphatic hydroxyl groups excluding tert-OH is 1. The number of benzene rings is 1. The Hall–Kier alpha value is -0.0300. The van der Waals surface area contributed by atoms with Crippen molar-refractivity contribution in [3.05, 3.63) is 34.3 Å². The van der Waals surface area contributed by atoms with E-state index in [1.165, 1.54) is 25.0 Å². The fraction of sp³-hybridized carbons (Fsp3) is 0.571. The van der Waals surface area contributed by atoms with Gasteiger partial charge in [0.25, 0.3) is 0 Å². The Morgan fingerprint density at radius 1 is 1.33 bits per heavy atom. The minimum Gasteiger partial charge on any atom is -0.387 e. The molecular formula is C14H22BrNOS. The lowest BCUT2D eigenvalue weighted by Crippen LogP contribution is -2.22. The van der Waals surface area contributed by atoms with Crippen LogP contribution in [0.25, 0.3) is 0 Å². The molecule has 4 heteroatoms. The maximum atomic E-state index is 10.00. The van der Waals surface area contributed by atoms with Crippen molar-refractivity contribution < 1.29 is 5.11 Å². The largest absolute Gasteiger partial charge is 0.387 e. The van der Waals surface area contributed by atoms with E-state index in [4.69, 9.17) is 0 Å². The third kappa shape index (κ3) is 6.78. The zero-order valence-electron chi connectivity index (χ0n) is 10.9. The average molecular weight is 332 g/mol. The summed E-state index contributed by atoms with van der Waals surface area (Å²) < 4.78 is 1.01. The van der Waals surface area contributed by atoms with E-state index < -0.39 is 6.10 Å². The second-order valence-corrected chi connectivity index (χ2v) is 6.23. The van der Waals surface area contributed by atoms with Crippen LogP contribution in [-0.2, 0) is 0 Å². The van der Waals surface area contributed by atoms with E-state index in [9.17, 15) is 5.11 Å². The first-order valence-corrected chi connectivity index (χ1v) is 8.56. The van der Waals surface area contributed by atoms with Gasteiger partial charge in [-0.1, -0.05) is 34.5 Å². The van der Waals surface area contributed by atoms with Crippen molar-refractivity contribution in [3.8, 4) is 0 Å². The van der Waals surface area contributed by atoms with Crippen LogP contribution in [0.2, 0.25) is 0 Å². The van der Waals surface area contributed by atoms with Gasteiger partial charge in [-0.3, -0.25) is 0 Å². The number of hydrogen-bond donors (Lipinski definition) is 2. The Labute approximate surface area is 123 Å². The molecule has 0 aliphatic heterocycles. The molecule has 2 nitrogen and oxygen atoms in total. The van der Waals surface area contributed by atoms with Crippen molar-refractivity contribution >= 4 is 27.7 Å². The molecule has 2 N–H and O–H groups in total. The Kier molecular flexibility index (Phi) is 8.76. The maximum absolute atomic E-state index is 10.00. The van der Waals surface area contributed by atoms with Gasteiger partial charge in [0.1, 0.15) is 0 Å². The number of thioether (sulfide) groups is 1. The highest BCUT2D eigenvalue weighted by atomic mass is 79.9. The molecule has 0 bridgehead atoms. The van der Waals surface area contributed by atoms with Crippen LogP contribution in [0.4, 0.5) is 0 Å². The highest BCUT2D eigenvalue weighted by Crippen LogP contribution is 2.17. The second-order valence-electron chi connectivity index (χ2n) is 4.33.